The molecule has 0 fully saturated rings. The summed E-state index contributed by atoms with van der Waals surface area (Å²) in [5.74, 6) is -2.44. The van der Waals surface area contributed by atoms with E-state index < -0.39 is 29.6 Å². The summed E-state index contributed by atoms with van der Waals surface area (Å²) in [5.41, 5.74) is -5.84. The van der Waals surface area contributed by atoms with Crippen molar-refractivity contribution < 1.29 is 31.4 Å². The van der Waals surface area contributed by atoms with Gasteiger partial charge in [0.15, 0.2) is 0 Å². The lowest BCUT2D eigenvalue weighted by Crippen LogP contribution is -2.61. The summed E-state index contributed by atoms with van der Waals surface area (Å²) in [5, 5.41) is 9.76. The first-order chi connectivity index (χ1) is 10.6. The minimum absolute atomic E-state index is 0.344. The van der Waals surface area contributed by atoms with Crippen LogP contribution in [0.1, 0.15) is 17.2 Å². The van der Waals surface area contributed by atoms with Crippen LogP contribution in [0.3, 0.4) is 0 Å². The summed E-state index contributed by atoms with van der Waals surface area (Å²) in [7, 11) is 0. The molecule has 0 radical (unpaired) electrons. The number of hydrogen-bond donors (Lipinski definition) is 1. The van der Waals surface area contributed by atoms with Crippen molar-refractivity contribution in [3.63, 3.8) is 0 Å². The molecule has 0 aliphatic heterocycles. The van der Waals surface area contributed by atoms with Crippen LogP contribution in [0.25, 0.3) is 0 Å². The van der Waals surface area contributed by atoms with E-state index in [1.54, 1.807) is 0 Å². The molecule has 1 heterocycles. The van der Waals surface area contributed by atoms with Crippen LogP contribution in [-0.2, 0) is 0 Å². The molecule has 0 spiro atoms. The Morgan fingerprint density at radius 2 is 1.30 bits per heavy atom. The lowest BCUT2D eigenvalue weighted by Gasteiger charge is -2.38. The van der Waals surface area contributed by atoms with Crippen LogP contribution in [0, 0.1) is 0 Å². The van der Waals surface area contributed by atoms with Crippen molar-refractivity contribution in [3.8, 4) is 0 Å². The lowest BCUT2D eigenvalue weighted by atomic mass is 9.78. The highest BCUT2D eigenvalue weighted by atomic mass is 19.4. The zero-order chi connectivity index (χ0) is 17.3. The van der Waals surface area contributed by atoms with E-state index in [1.807, 2.05) is 0 Å². The van der Waals surface area contributed by atoms with Crippen molar-refractivity contribution in [3.05, 3.63) is 66.0 Å². The van der Waals surface area contributed by atoms with Gasteiger partial charge in [-0.3, -0.25) is 4.98 Å². The highest BCUT2D eigenvalue weighted by Crippen LogP contribution is 2.52. The van der Waals surface area contributed by atoms with Gasteiger partial charge in [-0.05, 0) is 17.7 Å². The van der Waals surface area contributed by atoms with Crippen LogP contribution < -0.4 is 0 Å². The molecule has 2 aromatic rings. The number of nitrogens with zero attached hydrogens (tertiary/aromatic N) is 1. The first kappa shape index (κ1) is 17.3. The van der Waals surface area contributed by atoms with E-state index >= 15 is 0 Å². The fraction of sp³-hybridized carbons (Fsp3) is 0.267. The molecule has 2 rings (SSSR count). The SMILES string of the molecule is OC([C@@H](c1ccccc1)c1ccccn1)(C(F)(F)F)C(F)(F)F. The summed E-state index contributed by atoms with van der Waals surface area (Å²) in [6, 6.07) is 9.82. The Bertz CT molecular complexity index is 585. The summed E-state index contributed by atoms with van der Waals surface area (Å²) in [4.78, 5) is 3.59. The van der Waals surface area contributed by atoms with Crippen LogP contribution in [0.15, 0.2) is 54.7 Å². The van der Waals surface area contributed by atoms with E-state index in [9.17, 15) is 31.4 Å². The predicted molar refractivity (Wildman–Crippen MR) is 69.6 cm³/mol. The molecule has 1 atom stereocenters. The van der Waals surface area contributed by atoms with Crippen molar-refractivity contribution in [2.24, 2.45) is 0 Å². The molecular weight excluding hydrogens is 324 g/mol. The minimum atomic E-state index is -5.94. The third kappa shape index (κ3) is 3.03. The maximum Gasteiger partial charge on any atom is 0.427 e. The molecule has 2 nitrogen and oxygen atoms in total. The zero-order valence-corrected chi connectivity index (χ0v) is 11.4. The summed E-state index contributed by atoms with van der Waals surface area (Å²) in [6.07, 6.45) is -10.8. The number of halogens is 6. The van der Waals surface area contributed by atoms with Crippen LogP contribution in [0.4, 0.5) is 26.3 Å². The van der Waals surface area contributed by atoms with Crippen molar-refractivity contribution in [1.29, 1.82) is 0 Å². The van der Waals surface area contributed by atoms with Crippen molar-refractivity contribution in [2.75, 3.05) is 0 Å². The highest BCUT2D eigenvalue weighted by molar-refractivity contribution is 5.34. The van der Waals surface area contributed by atoms with Gasteiger partial charge in [0.1, 0.15) is 0 Å². The Morgan fingerprint density at radius 1 is 0.783 bits per heavy atom. The van der Waals surface area contributed by atoms with Crippen LogP contribution in [0.5, 0.6) is 0 Å². The normalized spacial score (nSPS) is 14.6. The predicted octanol–water partition coefficient (Wildman–Crippen LogP) is 4.07. The average Bonchev–Trinajstić information content (AvgIpc) is 2.47. The Morgan fingerprint density at radius 3 is 1.74 bits per heavy atom. The van der Waals surface area contributed by atoms with Crippen molar-refractivity contribution in [2.45, 2.75) is 23.9 Å². The van der Waals surface area contributed by atoms with E-state index in [0.29, 0.717) is 0 Å². The molecule has 0 saturated carbocycles. The molecule has 0 aliphatic rings. The molecule has 0 unspecified atom stereocenters. The number of rotatable bonds is 3. The van der Waals surface area contributed by atoms with Crippen molar-refractivity contribution in [1.82, 2.24) is 4.98 Å². The Hall–Kier alpha value is -2.09. The first-order valence-corrected chi connectivity index (χ1v) is 6.40. The van der Waals surface area contributed by atoms with Gasteiger partial charge in [0.05, 0.1) is 11.6 Å². The molecule has 1 aromatic carbocycles. The second-order valence-electron chi connectivity index (χ2n) is 4.86. The van der Waals surface area contributed by atoms with E-state index in [2.05, 4.69) is 4.98 Å². The highest BCUT2D eigenvalue weighted by Gasteiger charge is 2.74. The number of pyridine rings is 1. The van der Waals surface area contributed by atoms with Gasteiger partial charge >= 0.3 is 12.4 Å². The van der Waals surface area contributed by atoms with Crippen LogP contribution in [0.2, 0.25) is 0 Å². The van der Waals surface area contributed by atoms with E-state index in [0.717, 1.165) is 24.4 Å². The van der Waals surface area contributed by atoms with Crippen molar-refractivity contribution >= 4 is 0 Å². The molecule has 8 heteroatoms. The second-order valence-corrected chi connectivity index (χ2v) is 4.86. The Balaban J connectivity index is 2.75. The molecule has 0 aliphatic carbocycles. The van der Waals surface area contributed by atoms with Gasteiger partial charge in [-0.25, -0.2) is 0 Å². The fourth-order valence-electron chi connectivity index (χ4n) is 2.31. The number of alkyl halides is 6. The van der Waals surface area contributed by atoms with Gasteiger partial charge in [-0.2, -0.15) is 26.3 Å². The van der Waals surface area contributed by atoms with E-state index in [-0.39, 0.29) is 5.56 Å². The van der Waals surface area contributed by atoms with Gasteiger partial charge in [0.2, 0.25) is 0 Å². The molecule has 124 valence electrons. The maximum atomic E-state index is 13.2. The summed E-state index contributed by atoms with van der Waals surface area (Å²) in [6.45, 7) is 0. The third-order valence-electron chi connectivity index (χ3n) is 3.40. The molecule has 0 amide bonds. The van der Waals surface area contributed by atoms with Crippen LogP contribution >= 0.6 is 0 Å². The Kier molecular flexibility index (Phi) is 4.39. The minimum Gasteiger partial charge on any atom is -0.373 e. The summed E-state index contributed by atoms with van der Waals surface area (Å²) < 4.78 is 79.3. The molecule has 1 aromatic heterocycles. The van der Waals surface area contributed by atoms with Gasteiger partial charge in [-0.1, -0.05) is 36.4 Å². The van der Waals surface area contributed by atoms with Crippen LogP contribution in [-0.4, -0.2) is 28.0 Å². The average molecular weight is 335 g/mol. The van der Waals surface area contributed by atoms with Gasteiger partial charge in [-0.15, -0.1) is 0 Å². The number of aliphatic hydroxyl groups is 1. The number of hydrogen-bond acceptors (Lipinski definition) is 2. The molecule has 23 heavy (non-hydrogen) atoms. The second kappa shape index (κ2) is 5.84. The Labute approximate surface area is 127 Å². The quantitative estimate of drug-likeness (QED) is 0.858. The fourth-order valence-corrected chi connectivity index (χ4v) is 2.31. The van der Waals surface area contributed by atoms with E-state index in [4.69, 9.17) is 0 Å². The topological polar surface area (TPSA) is 33.1 Å². The summed E-state index contributed by atoms with van der Waals surface area (Å²) >= 11 is 0. The molecule has 1 N–H and O–H groups in total. The lowest BCUT2D eigenvalue weighted by molar-refractivity contribution is -0.372. The van der Waals surface area contributed by atoms with Gasteiger partial charge < -0.3 is 5.11 Å². The molecule has 0 saturated heterocycles. The number of benzene rings is 1. The van der Waals surface area contributed by atoms with E-state index in [1.165, 1.54) is 30.3 Å². The van der Waals surface area contributed by atoms with Gasteiger partial charge in [0.25, 0.3) is 5.60 Å². The first-order valence-electron chi connectivity index (χ1n) is 6.40. The number of aromatic nitrogens is 1. The zero-order valence-electron chi connectivity index (χ0n) is 11.4. The molecular formula is C15H11F6NO. The van der Waals surface area contributed by atoms with Gasteiger partial charge in [0, 0.05) is 6.20 Å². The molecule has 0 bridgehead atoms. The largest absolute Gasteiger partial charge is 0.427 e. The monoisotopic (exact) mass is 335 g/mol. The standard InChI is InChI=1S/C15H11F6NO/c16-14(17,18)13(23,15(19,20)21)12(10-6-2-1-3-7-10)11-8-4-5-9-22-11/h1-9,12,23H/t12-/m0/s1. The maximum absolute atomic E-state index is 13.2. The third-order valence-corrected chi connectivity index (χ3v) is 3.40. The smallest absolute Gasteiger partial charge is 0.373 e.